The number of amides is 1. The van der Waals surface area contributed by atoms with Gasteiger partial charge in [-0.3, -0.25) is 14.9 Å². The lowest BCUT2D eigenvalue weighted by atomic mass is 10.1. The van der Waals surface area contributed by atoms with E-state index in [0.717, 1.165) is 12.6 Å². The quantitative estimate of drug-likeness (QED) is 0.518. The summed E-state index contributed by atoms with van der Waals surface area (Å²) in [6, 6.07) is 1.27. The Hall–Kier alpha value is -1.69. The van der Waals surface area contributed by atoms with Crippen LogP contribution < -0.4 is 5.32 Å². The third kappa shape index (κ3) is 2.43. The van der Waals surface area contributed by atoms with Gasteiger partial charge < -0.3 is 5.32 Å². The van der Waals surface area contributed by atoms with Crippen LogP contribution in [0.3, 0.4) is 0 Å². The number of rotatable bonds is 3. The topological polar surface area (TPSA) is 85.1 Å². The minimum atomic E-state index is -0.643. The van der Waals surface area contributed by atoms with E-state index in [2.05, 4.69) is 10.3 Å². The number of nitrogens with one attached hydrogen (secondary N) is 1. The van der Waals surface area contributed by atoms with Gasteiger partial charge in [0, 0.05) is 6.04 Å². The standard InChI is InChI=1S/C11H12ClN3O3/c1-11(2)4-8(11)14-10(16)6-3-9(12)13-5-7(6)15(17)18/h3,5,8H,4H2,1-2H3,(H,14,16). The van der Waals surface area contributed by atoms with Gasteiger partial charge in [0.05, 0.1) is 4.92 Å². The molecular weight excluding hydrogens is 258 g/mol. The van der Waals surface area contributed by atoms with Crippen molar-refractivity contribution in [3.63, 3.8) is 0 Å². The molecule has 1 unspecified atom stereocenters. The van der Waals surface area contributed by atoms with E-state index in [0.29, 0.717) is 0 Å². The predicted molar refractivity (Wildman–Crippen MR) is 65.6 cm³/mol. The summed E-state index contributed by atoms with van der Waals surface area (Å²) in [6.45, 7) is 4.04. The van der Waals surface area contributed by atoms with Crippen LogP contribution in [-0.4, -0.2) is 21.9 Å². The minimum absolute atomic E-state index is 0.0524. The van der Waals surface area contributed by atoms with Crippen molar-refractivity contribution in [1.29, 1.82) is 0 Å². The first-order chi connectivity index (χ1) is 8.31. The smallest absolute Gasteiger partial charge is 0.300 e. The van der Waals surface area contributed by atoms with Crippen molar-refractivity contribution in [2.75, 3.05) is 0 Å². The summed E-state index contributed by atoms with van der Waals surface area (Å²) in [5.41, 5.74) is -0.334. The Bertz CT molecular complexity index is 530. The number of nitrogens with zero attached hydrogens (tertiary/aromatic N) is 2. The van der Waals surface area contributed by atoms with E-state index in [4.69, 9.17) is 11.6 Å². The largest absolute Gasteiger partial charge is 0.349 e. The Morgan fingerprint density at radius 3 is 2.78 bits per heavy atom. The van der Waals surface area contributed by atoms with Crippen LogP contribution in [0, 0.1) is 15.5 Å². The molecule has 1 amide bonds. The number of carbonyl (C=O) groups is 1. The number of hydrogen-bond donors (Lipinski definition) is 1. The van der Waals surface area contributed by atoms with Gasteiger partial charge in [0.15, 0.2) is 0 Å². The normalized spacial score (nSPS) is 20.3. The van der Waals surface area contributed by atoms with Crippen LogP contribution in [0.1, 0.15) is 30.6 Å². The number of pyridine rings is 1. The highest BCUT2D eigenvalue weighted by molar-refractivity contribution is 6.29. The van der Waals surface area contributed by atoms with Crippen molar-refractivity contribution in [1.82, 2.24) is 10.3 Å². The molecular formula is C11H12ClN3O3. The molecule has 0 radical (unpaired) electrons. The van der Waals surface area contributed by atoms with E-state index in [1.165, 1.54) is 6.07 Å². The summed E-state index contributed by atoms with van der Waals surface area (Å²) in [5.74, 6) is -0.485. The molecule has 1 aromatic rings. The average molecular weight is 270 g/mol. The fourth-order valence-corrected chi connectivity index (χ4v) is 1.86. The number of aromatic nitrogens is 1. The molecule has 1 aliphatic rings. The number of nitro groups is 1. The van der Waals surface area contributed by atoms with Gasteiger partial charge in [-0.25, -0.2) is 4.98 Å². The highest BCUT2D eigenvalue weighted by atomic mass is 35.5. The summed E-state index contributed by atoms with van der Waals surface area (Å²) >= 11 is 5.66. The molecule has 1 atom stereocenters. The summed E-state index contributed by atoms with van der Waals surface area (Å²) in [5, 5.41) is 13.6. The molecule has 6 nitrogen and oxygen atoms in total. The molecule has 1 N–H and O–H groups in total. The molecule has 7 heteroatoms. The van der Waals surface area contributed by atoms with Gasteiger partial charge in [-0.05, 0) is 17.9 Å². The van der Waals surface area contributed by atoms with E-state index < -0.39 is 10.8 Å². The Labute approximate surface area is 109 Å². The highest BCUT2D eigenvalue weighted by Crippen LogP contribution is 2.44. The first kappa shape index (κ1) is 12.8. The van der Waals surface area contributed by atoms with E-state index in [1.807, 2.05) is 13.8 Å². The van der Waals surface area contributed by atoms with Crippen molar-refractivity contribution in [2.45, 2.75) is 26.3 Å². The van der Waals surface area contributed by atoms with Gasteiger partial charge in [-0.1, -0.05) is 25.4 Å². The Kier molecular flexibility index (Phi) is 2.98. The number of carbonyl (C=O) groups excluding carboxylic acids is 1. The fourth-order valence-electron chi connectivity index (χ4n) is 1.70. The lowest BCUT2D eigenvalue weighted by Crippen LogP contribution is -2.29. The minimum Gasteiger partial charge on any atom is -0.349 e. The molecule has 1 aliphatic carbocycles. The Morgan fingerprint density at radius 2 is 2.28 bits per heavy atom. The summed E-state index contributed by atoms with van der Waals surface area (Å²) in [4.78, 5) is 25.7. The van der Waals surface area contributed by atoms with Crippen LogP contribution in [-0.2, 0) is 0 Å². The Balaban J connectivity index is 2.24. The first-order valence-corrected chi connectivity index (χ1v) is 5.80. The molecule has 1 aromatic heterocycles. The molecule has 0 spiro atoms. The Morgan fingerprint density at radius 1 is 1.67 bits per heavy atom. The molecule has 0 saturated heterocycles. The van der Waals surface area contributed by atoms with Crippen LogP contribution in [0.2, 0.25) is 5.15 Å². The van der Waals surface area contributed by atoms with Crippen LogP contribution >= 0.6 is 11.6 Å². The SMILES string of the molecule is CC1(C)CC1NC(=O)c1cc(Cl)ncc1[N+](=O)[O-]. The van der Waals surface area contributed by atoms with Gasteiger partial charge in [0.1, 0.15) is 16.9 Å². The molecule has 1 fully saturated rings. The third-order valence-corrected chi connectivity index (χ3v) is 3.32. The summed E-state index contributed by atoms with van der Waals surface area (Å²) in [7, 11) is 0. The van der Waals surface area contributed by atoms with Crippen molar-refractivity contribution < 1.29 is 9.72 Å². The van der Waals surface area contributed by atoms with Crippen molar-refractivity contribution in [2.24, 2.45) is 5.41 Å². The molecule has 0 aromatic carbocycles. The summed E-state index contributed by atoms with van der Waals surface area (Å²) < 4.78 is 0. The molecule has 0 bridgehead atoms. The molecule has 0 aliphatic heterocycles. The van der Waals surface area contributed by atoms with Gasteiger partial charge in [0.2, 0.25) is 0 Å². The molecule has 1 saturated carbocycles. The van der Waals surface area contributed by atoms with E-state index in [9.17, 15) is 14.9 Å². The zero-order chi connectivity index (χ0) is 13.5. The van der Waals surface area contributed by atoms with Crippen LogP contribution in [0.4, 0.5) is 5.69 Å². The van der Waals surface area contributed by atoms with Crippen LogP contribution in [0.25, 0.3) is 0 Å². The van der Waals surface area contributed by atoms with Crippen molar-refractivity contribution >= 4 is 23.2 Å². The van der Waals surface area contributed by atoms with E-state index >= 15 is 0 Å². The maximum Gasteiger partial charge on any atom is 0.300 e. The van der Waals surface area contributed by atoms with Gasteiger partial charge in [-0.15, -0.1) is 0 Å². The molecule has 18 heavy (non-hydrogen) atoms. The van der Waals surface area contributed by atoms with Crippen LogP contribution in [0.5, 0.6) is 0 Å². The van der Waals surface area contributed by atoms with Gasteiger partial charge >= 0.3 is 0 Å². The van der Waals surface area contributed by atoms with Crippen LogP contribution in [0.15, 0.2) is 12.3 Å². The molecule has 96 valence electrons. The average Bonchev–Trinajstić information content (AvgIpc) is 2.85. The first-order valence-electron chi connectivity index (χ1n) is 5.42. The van der Waals surface area contributed by atoms with Crippen molar-refractivity contribution in [3.8, 4) is 0 Å². The fraction of sp³-hybridized carbons (Fsp3) is 0.455. The maximum atomic E-state index is 12.0. The number of hydrogen-bond acceptors (Lipinski definition) is 4. The second kappa shape index (κ2) is 4.20. The molecule has 1 heterocycles. The third-order valence-electron chi connectivity index (χ3n) is 3.11. The predicted octanol–water partition coefficient (Wildman–Crippen LogP) is 2.17. The summed E-state index contributed by atoms with van der Waals surface area (Å²) in [6.07, 6.45) is 1.86. The zero-order valence-electron chi connectivity index (χ0n) is 9.94. The highest BCUT2D eigenvalue weighted by Gasteiger charge is 2.47. The zero-order valence-corrected chi connectivity index (χ0v) is 10.7. The van der Waals surface area contributed by atoms with E-state index in [-0.39, 0.29) is 27.9 Å². The van der Waals surface area contributed by atoms with Crippen molar-refractivity contribution in [3.05, 3.63) is 33.1 Å². The monoisotopic (exact) mass is 269 g/mol. The lowest BCUT2D eigenvalue weighted by molar-refractivity contribution is -0.385. The number of halogens is 1. The van der Waals surface area contributed by atoms with Gasteiger partial charge in [-0.2, -0.15) is 0 Å². The lowest BCUT2D eigenvalue weighted by Gasteiger charge is -2.07. The second-order valence-electron chi connectivity index (χ2n) is 5.00. The maximum absolute atomic E-state index is 12.0. The van der Waals surface area contributed by atoms with E-state index in [1.54, 1.807) is 0 Å². The van der Waals surface area contributed by atoms with Gasteiger partial charge in [0.25, 0.3) is 11.6 Å². The molecule has 2 rings (SSSR count). The second-order valence-corrected chi connectivity index (χ2v) is 5.39.